The molecule has 7 heteroatoms. The molecule has 0 aliphatic rings. The lowest BCUT2D eigenvalue weighted by atomic mass is 10.3. The Morgan fingerprint density at radius 3 is 2.90 bits per heavy atom. The number of halogens is 2. The van der Waals surface area contributed by atoms with Crippen molar-refractivity contribution in [2.24, 2.45) is 0 Å². The maximum atomic E-state index is 12.4. The van der Waals surface area contributed by atoms with Crippen molar-refractivity contribution in [2.75, 3.05) is 0 Å². The van der Waals surface area contributed by atoms with Gasteiger partial charge in [0.15, 0.2) is 0 Å². The lowest BCUT2D eigenvalue weighted by Gasteiger charge is -2.07. The minimum atomic E-state index is -0.0703. The molecule has 0 aliphatic carbocycles. The first-order valence-electron chi connectivity index (χ1n) is 5.80. The SMILES string of the molecule is Cc1csc2c(=O)n(Cc3ccc(Cl)nc3Cl)cnc12. The van der Waals surface area contributed by atoms with Crippen LogP contribution in [-0.4, -0.2) is 14.5 Å². The molecule has 0 amide bonds. The number of aryl methyl sites for hydroxylation is 1. The van der Waals surface area contributed by atoms with Gasteiger partial charge in [0, 0.05) is 5.56 Å². The zero-order chi connectivity index (χ0) is 14.3. The van der Waals surface area contributed by atoms with Crippen LogP contribution in [0.4, 0.5) is 0 Å². The van der Waals surface area contributed by atoms with Crippen LogP contribution in [0, 0.1) is 6.92 Å². The number of hydrogen-bond donors (Lipinski definition) is 0. The van der Waals surface area contributed by atoms with Gasteiger partial charge in [-0.3, -0.25) is 9.36 Å². The standard InChI is InChI=1S/C13H9Cl2N3OS/c1-7-5-20-11-10(7)16-6-18(13(11)19)4-8-2-3-9(14)17-12(8)15/h2-3,5-6H,4H2,1H3. The normalized spacial score (nSPS) is 11.2. The molecule has 3 aromatic rings. The van der Waals surface area contributed by atoms with E-state index < -0.39 is 0 Å². The monoisotopic (exact) mass is 325 g/mol. The molecule has 0 unspecified atom stereocenters. The second-order valence-electron chi connectivity index (χ2n) is 4.36. The Morgan fingerprint density at radius 1 is 1.35 bits per heavy atom. The Hall–Kier alpha value is -1.43. The fraction of sp³-hybridized carbons (Fsp3) is 0.154. The number of rotatable bonds is 2. The first-order chi connectivity index (χ1) is 9.56. The van der Waals surface area contributed by atoms with Gasteiger partial charge in [0.25, 0.3) is 5.56 Å². The number of pyridine rings is 1. The van der Waals surface area contributed by atoms with Gasteiger partial charge in [-0.2, -0.15) is 0 Å². The highest BCUT2D eigenvalue weighted by Crippen LogP contribution is 2.20. The van der Waals surface area contributed by atoms with Crippen molar-refractivity contribution >= 4 is 44.8 Å². The van der Waals surface area contributed by atoms with Crippen LogP contribution in [0.15, 0.2) is 28.6 Å². The number of fused-ring (bicyclic) bond motifs is 1. The first-order valence-corrected chi connectivity index (χ1v) is 7.44. The molecule has 3 heterocycles. The summed E-state index contributed by atoms with van der Waals surface area (Å²) >= 11 is 13.2. The second kappa shape index (κ2) is 5.16. The zero-order valence-corrected chi connectivity index (χ0v) is 12.8. The van der Waals surface area contributed by atoms with E-state index in [0.29, 0.717) is 21.6 Å². The van der Waals surface area contributed by atoms with E-state index in [1.165, 1.54) is 22.2 Å². The summed E-state index contributed by atoms with van der Waals surface area (Å²) in [7, 11) is 0. The zero-order valence-electron chi connectivity index (χ0n) is 10.4. The quantitative estimate of drug-likeness (QED) is 0.677. The van der Waals surface area contributed by atoms with E-state index in [2.05, 4.69) is 9.97 Å². The third-order valence-corrected chi connectivity index (χ3v) is 4.57. The Morgan fingerprint density at radius 2 is 2.15 bits per heavy atom. The van der Waals surface area contributed by atoms with Crippen molar-refractivity contribution in [1.29, 1.82) is 0 Å². The van der Waals surface area contributed by atoms with Gasteiger partial charge in [-0.1, -0.05) is 29.3 Å². The molecule has 0 saturated carbocycles. The van der Waals surface area contributed by atoms with Gasteiger partial charge in [0.1, 0.15) is 15.0 Å². The lowest BCUT2D eigenvalue weighted by Crippen LogP contribution is -2.20. The Bertz CT molecular complexity index is 856. The Balaban J connectivity index is 2.07. The minimum absolute atomic E-state index is 0.0703. The Kier molecular flexibility index (Phi) is 3.50. The van der Waals surface area contributed by atoms with Gasteiger partial charge in [-0.25, -0.2) is 9.97 Å². The van der Waals surface area contributed by atoms with E-state index in [4.69, 9.17) is 23.2 Å². The van der Waals surface area contributed by atoms with Crippen molar-refractivity contribution in [3.63, 3.8) is 0 Å². The van der Waals surface area contributed by atoms with E-state index >= 15 is 0 Å². The molecule has 0 atom stereocenters. The average Bonchev–Trinajstić information content (AvgIpc) is 2.78. The molecular weight excluding hydrogens is 317 g/mol. The molecule has 0 radical (unpaired) electrons. The van der Waals surface area contributed by atoms with Gasteiger partial charge >= 0.3 is 0 Å². The summed E-state index contributed by atoms with van der Waals surface area (Å²) in [5, 5.41) is 2.56. The third kappa shape index (κ3) is 2.32. The molecule has 0 aromatic carbocycles. The molecule has 20 heavy (non-hydrogen) atoms. The highest BCUT2D eigenvalue weighted by molar-refractivity contribution is 7.17. The summed E-state index contributed by atoms with van der Waals surface area (Å²) in [5.74, 6) is 0. The number of hydrogen-bond acceptors (Lipinski definition) is 4. The predicted octanol–water partition coefficient (Wildman–Crippen LogP) is 3.52. The van der Waals surface area contributed by atoms with Gasteiger partial charge < -0.3 is 0 Å². The number of nitrogens with zero attached hydrogens (tertiary/aromatic N) is 3. The average molecular weight is 326 g/mol. The van der Waals surface area contributed by atoms with Crippen molar-refractivity contribution in [2.45, 2.75) is 13.5 Å². The number of aromatic nitrogens is 3. The van der Waals surface area contributed by atoms with E-state index in [1.54, 1.807) is 12.1 Å². The number of thiophene rings is 1. The highest BCUT2D eigenvalue weighted by Gasteiger charge is 2.10. The van der Waals surface area contributed by atoms with Crippen LogP contribution < -0.4 is 5.56 Å². The molecule has 4 nitrogen and oxygen atoms in total. The lowest BCUT2D eigenvalue weighted by molar-refractivity contribution is 0.747. The van der Waals surface area contributed by atoms with Crippen LogP contribution in [0.1, 0.15) is 11.1 Å². The van der Waals surface area contributed by atoms with Crippen molar-refractivity contribution in [3.8, 4) is 0 Å². The maximum absolute atomic E-state index is 12.4. The Labute approximate surface area is 128 Å². The summed E-state index contributed by atoms with van der Waals surface area (Å²) in [5.41, 5.74) is 2.43. The van der Waals surface area contributed by atoms with Crippen molar-refractivity contribution in [1.82, 2.24) is 14.5 Å². The molecule has 0 N–H and O–H groups in total. The fourth-order valence-corrected chi connectivity index (χ4v) is 3.27. The molecule has 0 aliphatic heterocycles. The van der Waals surface area contributed by atoms with Crippen LogP contribution in [0.25, 0.3) is 10.2 Å². The van der Waals surface area contributed by atoms with Gasteiger partial charge in [0.2, 0.25) is 0 Å². The van der Waals surface area contributed by atoms with Crippen LogP contribution in [0.2, 0.25) is 10.3 Å². The van der Waals surface area contributed by atoms with E-state index in [1.807, 2.05) is 12.3 Å². The smallest absolute Gasteiger partial charge is 0.271 e. The summed E-state index contributed by atoms with van der Waals surface area (Å²) < 4.78 is 2.18. The van der Waals surface area contributed by atoms with Gasteiger partial charge in [-0.15, -0.1) is 11.3 Å². The summed E-state index contributed by atoms with van der Waals surface area (Å²) in [6.07, 6.45) is 1.54. The maximum Gasteiger partial charge on any atom is 0.271 e. The first kappa shape index (κ1) is 13.5. The fourth-order valence-electron chi connectivity index (χ4n) is 1.92. The molecular formula is C13H9Cl2N3OS. The molecule has 0 fully saturated rings. The van der Waals surface area contributed by atoms with Crippen molar-refractivity contribution in [3.05, 3.63) is 55.6 Å². The van der Waals surface area contributed by atoms with Crippen LogP contribution in [0.5, 0.6) is 0 Å². The molecule has 0 bridgehead atoms. The molecule has 3 rings (SSSR count). The highest BCUT2D eigenvalue weighted by atomic mass is 35.5. The van der Waals surface area contributed by atoms with Gasteiger partial charge in [-0.05, 0) is 23.9 Å². The summed E-state index contributed by atoms with van der Waals surface area (Å²) in [4.78, 5) is 20.7. The molecule has 102 valence electrons. The van der Waals surface area contributed by atoms with Crippen LogP contribution in [-0.2, 0) is 6.54 Å². The van der Waals surface area contributed by atoms with Crippen LogP contribution in [0.3, 0.4) is 0 Å². The topological polar surface area (TPSA) is 47.8 Å². The predicted molar refractivity (Wildman–Crippen MR) is 82.0 cm³/mol. The van der Waals surface area contributed by atoms with E-state index in [0.717, 1.165) is 16.6 Å². The van der Waals surface area contributed by atoms with E-state index in [-0.39, 0.29) is 5.56 Å². The van der Waals surface area contributed by atoms with Crippen LogP contribution >= 0.6 is 34.5 Å². The molecule has 3 aromatic heterocycles. The third-order valence-electron chi connectivity index (χ3n) is 2.96. The summed E-state index contributed by atoms with van der Waals surface area (Å²) in [6, 6.07) is 3.41. The largest absolute Gasteiger partial charge is 0.293 e. The van der Waals surface area contributed by atoms with Crippen molar-refractivity contribution < 1.29 is 0 Å². The van der Waals surface area contributed by atoms with Gasteiger partial charge in [0.05, 0.1) is 18.4 Å². The minimum Gasteiger partial charge on any atom is -0.293 e. The molecule has 0 spiro atoms. The summed E-state index contributed by atoms with van der Waals surface area (Å²) in [6.45, 7) is 2.26. The molecule has 0 saturated heterocycles. The second-order valence-corrected chi connectivity index (χ2v) is 5.98. The van der Waals surface area contributed by atoms with E-state index in [9.17, 15) is 4.79 Å².